The van der Waals surface area contributed by atoms with Gasteiger partial charge in [-0.15, -0.1) is 0 Å². The van der Waals surface area contributed by atoms with Crippen molar-refractivity contribution in [3.8, 4) is 0 Å². The molecule has 4 heteroatoms. The molecular formula is C17H27N3O. The topological polar surface area (TPSA) is 58.4 Å². The molecule has 0 fully saturated rings. The Labute approximate surface area is 127 Å². The number of nitrogens with zero attached hydrogens (tertiary/aromatic N) is 1. The molecule has 2 rings (SSSR count). The van der Waals surface area contributed by atoms with Crippen molar-refractivity contribution >= 4 is 5.91 Å². The van der Waals surface area contributed by atoms with Gasteiger partial charge in [0.05, 0.1) is 5.54 Å². The summed E-state index contributed by atoms with van der Waals surface area (Å²) in [6, 6.07) is 8.85. The van der Waals surface area contributed by atoms with Crippen LogP contribution in [0.2, 0.25) is 0 Å². The normalized spacial score (nSPS) is 19.0. The summed E-state index contributed by atoms with van der Waals surface area (Å²) in [4.78, 5) is 14.3. The van der Waals surface area contributed by atoms with Crippen LogP contribution in [0.3, 0.4) is 0 Å². The van der Waals surface area contributed by atoms with Crippen LogP contribution in [0.5, 0.6) is 0 Å². The van der Waals surface area contributed by atoms with E-state index in [4.69, 9.17) is 5.73 Å². The van der Waals surface area contributed by atoms with Gasteiger partial charge in [-0.25, -0.2) is 0 Å². The fraction of sp³-hybridized carbons (Fsp3) is 0.588. The van der Waals surface area contributed by atoms with Crippen LogP contribution >= 0.6 is 0 Å². The van der Waals surface area contributed by atoms with Crippen LogP contribution in [0, 0.1) is 0 Å². The molecule has 0 aliphatic carbocycles. The van der Waals surface area contributed by atoms with Crippen molar-refractivity contribution in [3.05, 3.63) is 35.4 Å². The highest BCUT2D eigenvalue weighted by Crippen LogP contribution is 2.27. The lowest BCUT2D eigenvalue weighted by atomic mass is 9.92. The Morgan fingerprint density at radius 2 is 1.95 bits per heavy atom. The van der Waals surface area contributed by atoms with Gasteiger partial charge in [-0.3, -0.25) is 9.69 Å². The summed E-state index contributed by atoms with van der Waals surface area (Å²) in [7, 11) is 0. The van der Waals surface area contributed by atoms with E-state index in [-0.39, 0.29) is 5.91 Å². The van der Waals surface area contributed by atoms with Gasteiger partial charge in [0.25, 0.3) is 0 Å². The predicted octanol–water partition coefficient (Wildman–Crippen LogP) is 2.02. The van der Waals surface area contributed by atoms with Gasteiger partial charge in [-0.2, -0.15) is 0 Å². The molecule has 0 saturated heterocycles. The maximum atomic E-state index is 11.8. The lowest BCUT2D eigenvalue weighted by Crippen LogP contribution is -2.56. The zero-order chi connectivity index (χ0) is 15.5. The van der Waals surface area contributed by atoms with Gasteiger partial charge in [0.15, 0.2) is 0 Å². The third-order valence-corrected chi connectivity index (χ3v) is 4.50. The lowest BCUT2D eigenvalue weighted by Gasteiger charge is -2.34. The van der Waals surface area contributed by atoms with Crippen molar-refractivity contribution in [1.29, 1.82) is 0 Å². The molecule has 21 heavy (non-hydrogen) atoms. The molecule has 1 aliphatic rings. The van der Waals surface area contributed by atoms with Gasteiger partial charge in [-0.1, -0.05) is 31.2 Å². The van der Waals surface area contributed by atoms with E-state index < -0.39 is 5.54 Å². The largest absolute Gasteiger partial charge is 0.368 e. The van der Waals surface area contributed by atoms with E-state index in [1.54, 1.807) is 0 Å². The number of amides is 1. The van der Waals surface area contributed by atoms with Crippen LogP contribution in [0.1, 0.15) is 44.7 Å². The number of hydrogen-bond donors (Lipinski definition) is 2. The zero-order valence-corrected chi connectivity index (χ0v) is 13.4. The second-order valence-corrected chi connectivity index (χ2v) is 6.35. The second kappa shape index (κ2) is 6.58. The molecule has 0 aromatic heterocycles. The van der Waals surface area contributed by atoms with E-state index in [9.17, 15) is 4.79 Å². The molecule has 4 nitrogen and oxygen atoms in total. The molecule has 3 N–H and O–H groups in total. The van der Waals surface area contributed by atoms with Crippen LogP contribution in [0.4, 0.5) is 0 Å². The molecule has 1 amide bonds. The average Bonchev–Trinajstić information content (AvgIpc) is 2.89. The minimum absolute atomic E-state index is 0.264. The Morgan fingerprint density at radius 1 is 1.38 bits per heavy atom. The van der Waals surface area contributed by atoms with Crippen molar-refractivity contribution in [2.45, 2.75) is 58.3 Å². The molecular weight excluding hydrogens is 262 g/mol. The summed E-state index contributed by atoms with van der Waals surface area (Å²) in [6.07, 6.45) is 1.72. The summed E-state index contributed by atoms with van der Waals surface area (Å²) >= 11 is 0. The number of carbonyl (C=O) groups excluding carboxylic acids is 1. The number of primary amides is 1. The Balaban J connectivity index is 2.01. The van der Waals surface area contributed by atoms with Crippen molar-refractivity contribution in [2.75, 3.05) is 6.54 Å². The molecule has 2 atom stereocenters. The van der Waals surface area contributed by atoms with Gasteiger partial charge in [-0.05, 0) is 44.4 Å². The Morgan fingerprint density at radius 3 is 2.43 bits per heavy atom. The van der Waals surface area contributed by atoms with E-state index in [1.807, 2.05) is 6.92 Å². The van der Waals surface area contributed by atoms with Crippen LogP contribution in [-0.4, -0.2) is 28.9 Å². The van der Waals surface area contributed by atoms with Crippen LogP contribution < -0.4 is 11.1 Å². The Hall–Kier alpha value is -1.39. The number of hydrogen-bond acceptors (Lipinski definition) is 3. The number of rotatable bonds is 7. The monoisotopic (exact) mass is 289 g/mol. The van der Waals surface area contributed by atoms with Crippen molar-refractivity contribution in [1.82, 2.24) is 10.2 Å². The summed E-state index contributed by atoms with van der Waals surface area (Å²) in [5.41, 5.74) is 7.78. The first-order valence-electron chi connectivity index (χ1n) is 7.82. The Bertz CT molecular complexity index is 478. The van der Waals surface area contributed by atoms with E-state index in [2.05, 4.69) is 48.3 Å². The molecule has 1 aliphatic heterocycles. The molecule has 0 radical (unpaired) electrons. The smallest absolute Gasteiger partial charge is 0.237 e. The van der Waals surface area contributed by atoms with E-state index in [0.717, 1.165) is 32.5 Å². The molecule has 116 valence electrons. The standard InChI is InChI=1S/C17H27N3O/c1-4-9-19-17(3,16(18)21)10-13(2)20-11-14-7-5-6-8-15(14)12-20/h5-8,13,19H,4,9-12H2,1-3H3,(H2,18,21). The predicted molar refractivity (Wildman–Crippen MR) is 85.7 cm³/mol. The van der Waals surface area contributed by atoms with Crippen LogP contribution in [-0.2, 0) is 17.9 Å². The maximum Gasteiger partial charge on any atom is 0.237 e. The van der Waals surface area contributed by atoms with Crippen molar-refractivity contribution in [2.24, 2.45) is 5.73 Å². The summed E-state index contributed by atoms with van der Waals surface area (Å²) in [5, 5.41) is 3.32. The van der Waals surface area contributed by atoms with Gasteiger partial charge >= 0.3 is 0 Å². The summed E-state index contributed by atoms with van der Waals surface area (Å²) in [6.45, 7) is 8.92. The van der Waals surface area contributed by atoms with E-state index in [1.165, 1.54) is 11.1 Å². The third-order valence-electron chi connectivity index (χ3n) is 4.50. The van der Waals surface area contributed by atoms with Gasteiger partial charge in [0, 0.05) is 19.1 Å². The minimum atomic E-state index is -0.635. The van der Waals surface area contributed by atoms with Gasteiger partial charge in [0.2, 0.25) is 5.91 Å². The number of nitrogens with one attached hydrogen (secondary N) is 1. The minimum Gasteiger partial charge on any atom is -0.368 e. The molecule has 1 aromatic carbocycles. The van der Waals surface area contributed by atoms with Crippen molar-refractivity contribution < 1.29 is 4.79 Å². The molecule has 0 bridgehead atoms. The van der Waals surface area contributed by atoms with Crippen LogP contribution in [0.15, 0.2) is 24.3 Å². The SMILES string of the molecule is CCCNC(C)(CC(C)N1Cc2ccccc2C1)C(N)=O. The van der Waals surface area contributed by atoms with Crippen molar-refractivity contribution in [3.63, 3.8) is 0 Å². The van der Waals surface area contributed by atoms with E-state index >= 15 is 0 Å². The zero-order valence-electron chi connectivity index (χ0n) is 13.4. The summed E-state index contributed by atoms with van der Waals surface area (Å²) < 4.78 is 0. The maximum absolute atomic E-state index is 11.8. The quantitative estimate of drug-likeness (QED) is 0.807. The lowest BCUT2D eigenvalue weighted by molar-refractivity contribution is -0.124. The molecule has 0 saturated carbocycles. The number of fused-ring (bicyclic) bond motifs is 1. The fourth-order valence-corrected chi connectivity index (χ4v) is 3.05. The first-order chi connectivity index (χ1) is 9.96. The molecule has 0 spiro atoms. The first kappa shape index (κ1) is 16.0. The van der Waals surface area contributed by atoms with Gasteiger partial charge in [0.1, 0.15) is 0 Å². The third kappa shape index (κ3) is 3.63. The van der Waals surface area contributed by atoms with Gasteiger partial charge < -0.3 is 11.1 Å². The first-order valence-corrected chi connectivity index (χ1v) is 7.82. The number of nitrogens with two attached hydrogens (primary N) is 1. The van der Waals surface area contributed by atoms with E-state index in [0.29, 0.717) is 6.04 Å². The highest BCUT2D eigenvalue weighted by atomic mass is 16.1. The summed E-state index contributed by atoms with van der Waals surface area (Å²) in [5.74, 6) is -0.264. The number of benzene rings is 1. The molecule has 1 heterocycles. The number of carbonyl (C=O) groups is 1. The average molecular weight is 289 g/mol. The highest BCUT2D eigenvalue weighted by Gasteiger charge is 2.35. The Kier molecular flexibility index (Phi) is 5.01. The molecule has 1 aromatic rings. The highest BCUT2D eigenvalue weighted by molar-refractivity contribution is 5.84. The molecule has 2 unspecified atom stereocenters. The fourth-order valence-electron chi connectivity index (χ4n) is 3.05. The second-order valence-electron chi connectivity index (χ2n) is 6.35. The van der Waals surface area contributed by atoms with Crippen LogP contribution in [0.25, 0.3) is 0 Å².